The Bertz CT molecular complexity index is 1350. The monoisotopic (exact) mass is 555 g/mol. The van der Waals surface area contributed by atoms with Gasteiger partial charge in [0, 0.05) is 44.3 Å². The largest absolute Gasteiger partial charge is 0.474 e. The minimum Gasteiger partial charge on any atom is -0.474 e. The van der Waals surface area contributed by atoms with Crippen LogP contribution in [0.25, 0.3) is 0 Å². The second-order valence-electron chi connectivity index (χ2n) is 9.89. The summed E-state index contributed by atoms with van der Waals surface area (Å²) in [7, 11) is 3.83. The van der Waals surface area contributed by atoms with Gasteiger partial charge in [-0.3, -0.25) is 0 Å². The lowest BCUT2D eigenvalue weighted by atomic mass is 10.0. The lowest BCUT2D eigenvalue weighted by Gasteiger charge is -2.35. The Morgan fingerprint density at radius 1 is 0.775 bits per heavy atom. The number of ether oxygens (including phenoxy) is 3. The number of anilines is 1. The third-order valence-corrected chi connectivity index (χ3v) is 7.79. The molecule has 0 unspecified atom stereocenters. The Morgan fingerprint density at radius 2 is 1.48 bits per heavy atom. The van der Waals surface area contributed by atoms with E-state index in [2.05, 4.69) is 71.4 Å². The Morgan fingerprint density at radius 3 is 2.23 bits per heavy atom. The van der Waals surface area contributed by atoms with Crippen LogP contribution in [-0.4, -0.2) is 63.4 Å². The molecular formula is C33H37N3O3S. The Labute approximate surface area is 241 Å². The molecule has 7 heteroatoms. The van der Waals surface area contributed by atoms with Crippen molar-refractivity contribution in [2.45, 2.75) is 22.8 Å². The van der Waals surface area contributed by atoms with E-state index in [1.54, 1.807) is 18.9 Å². The SMILES string of the molecule is COCCOc1nc(Sc2cccc(CCc3ccccc3)c2)cc(Oc2ccccc2)c1N1CCN(C)CC1. The van der Waals surface area contributed by atoms with Gasteiger partial charge in [0.15, 0.2) is 5.75 Å². The van der Waals surface area contributed by atoms with Crippen LogP contribution in [0.3, 0.4) is 0 Å². The van der Waals surface area contributed by atoms with Gasteiger partial charge in [-0.05, 0) is 55.3 Å². The minimum atomic E-state index is 0.415. The van der Waals surface area contributed by atoms with E-state index in [0.717, 1.165) is 66.1 Å². The van der Waals surface area contributed by atoms with Gasteiger partial charge in [0.05, 0.1) is 6.61 Å². The molecule has 1 aliphatic rings. The highest BCUT2D eigenvalue weighted by Crippen LogP contribution is 2.43. The summed E-state index contributed by atoms with van der Waals surface area (Å²) in [6.07, 6.45) is 2.00. The first-order valence-electron chi connectivity index (χ1n) is 13.8. The highest BCUT2D eigenvalue weighted by molar-refractivity contribution is 7.99. The lowest BCUT2D eigenvalue weighted by Crippen LogP contribution is -2.44. The molecule has 2 heterocycles. The molecule has 0 N–H and O–H groups in total. The highest BCUT2D eigenvalue weighted by Gasteiger charge is 2.25. The molecule has 6 nitrogen and oxygen atoms in total. The van der Waals surface area contributed by atoms with Gasteiger partial charge in [0.25, 0.3) is 0 Å². The standard InChI is InChI=1S/C33H37N3O3S/c1-35-18-20-36(21-19-35)32-30(39-28-13-7-4-8-14-28)25-31(34-33(32)38-23-22-37-2)40-29-15-9-12-27(24-29)17-16-26-10-5-3-6-11-26/h3-15,24-25H,16-23H2,1-2H3. The first-order chi connectivity index (χ1) is 19.7. The molecule has 0 aliphatic carbocycles. The number of aryl methyl sites for hydroxylation is 2. The summed E-state index contributed by atoms with van der Waals surface area (Å²) in [5.41, 5.74) is 3.55. The summed E-state index contributed by atoms with van der Waals surface area (Å²) in [6, 6.07) is 31.3. The zero-order valence-corrected chi connectivity index (χ0v) is 24.1. The zero-order valence-electron chi connectivity index (χ0n) is 23.3. The normalized spacial score (nSPS) is 13.8. The number of aromatic nitrogens is 1. The van der Waals surface area contributed by atoms with Gasteiger partial charge in [0.1, 0.15) is 23.1 Å². The lowest BCUT2D eigenvalue weighted by molar-refractivity contribution is 0.143. The molecule has 3 aromatic carbocycles. The number of piperazine rings is 1. The number of hydrogen-bond donors (Lipinski definition) is 0. The van der Waals surface area contributed by atoms with E-state index >= 15 is 0 Å². The van der Waals surface area contributed by atoms with E-state index in [0.29, 0.717) is 19.1 Å². The number of benzene rings is 3. The van der Waals surface area contributed by atoms with Crippen molar-refractivity contribution in [2.75, 3.05) is 58.5 Å². The summed E-state index contributed by atoms with van der Waals surface area (Å²) < 4.78 is 18.0. The van der Waals surface area contributed by atoms with Crippen LogP contribution in [0.1, 0.15) is 11.1 Å². The van der Waals surface area contributed by atoms with E-state index in [1.165, 1.54) is 11.1 Å². The molecule has 1 fully saturated rings. The fraction of sp³-hybridized carbons (Fsp3) is 0.303. The molecule has 0 spiro atoms. The third-order valence-electron chi connectivity index (χ3n) is 6.89. The number of methoxy groups -OCH3 is 1. The number of likely N-dealkylation sites (N-methyl/N-ethyl adjacent to an activating group) is 1. The molecule has 1 aliphatic heterocycles. The topological polar surface area (TPSA) is 47.1 Å². The van der Waals surface area contributed by atoms with E-state index in [-0.39, 0.29) is 0 Å². The van der Waals surface area contributed by atoms with Crippen LogP contribution in [0.15, 0.2) is 101 Å². The molecule has 0 bridgehead atoms. The number of para-hydroxylation sites is 1. The van der Waals surface area contributed by atoms with E-state index < -0.39 is 0 Å². The molecule has 5 rings (SSSR count). The summed E-state index contributed by atoms with van der Waals surface area (Å²) in [4.78, 5) is 10.8. The molecular weight excluding hydrogens is 518 g/mol. The quantitative estimate of drug-likeness (QED) is 0.183. The highest BCUT2D eigenvalue weighted by atomic mass is 32.2. The van der Waals surface area contributed by atoms with Crippen molar-refractivity contribution in [3.8, 4) is 17.4 Å². The van der Waals surface area contributed by atoms with Gasteiger partial charge in [-0.1, -0.05) is 72.4 Å². The van der Waals surface area contributed by atoms with Gasteiger partial charge < -0.3 is 24.0 Å². The van der Waals surface area contributed by atoms with Crippen molar-refractivity contribution >= 4 is 17.4 Å². The van der Waals surface area contributed by atoms with E-state index in [4.69, 9.17) is 19.2 Å². The maximum absolute atomic E-state index is 6.51. The van der Waals surface area contributed by atoms with Gasteiger partial charge in [-0.2, -0.15) is 0 Å². The molecule has 40 heavy (non-hydrogen) atoms. The predicted molar refractivity (Wildman–Crippen MR) is 162 cm³/mol. The van der Waals surface area contributed by atoms with Crippen molar-refractivity contribution in [1.29, 1.82) is 0 Å². The van der Waals surface area contributed by atoms with Crippen molar-refractivity contribution in [1.82, 2.24) is 9.88 Å². The van der Waals surface area contributed by atoms with Crippen molar-refractivity contribution in [2.24, 2.45) is 0 Å². The van der Waals surface area contributed by atoms with Gasteiger partial charge in [0.2, 0.25) is 5.88 Å². The smallest absolute Gasteiger partial charge is 0.242 e. The Hall–Kier alpha value is -3.52. The van der Waals surface area contributed by atoms with Crippen LogP contribution in [0.4, 0.5) is 5.69 Å². The number of hydrogen-bond acceptors (Lipinski definition) is 7. The summed E-state index contributed by atoms with van der Waals surface area (Å²) in [5, 5.41) is 0.830. The van der Waals surface area contributed by atoms with Crippen molar-refractivity contribution < 1.29 is 14.2 Å². The maximum Gasteiger partial charge on any atom is 0.242 e. The first kappa shape index (κ1) is 28.0. The molecule has 0 radical (unpaired) electrons. The second-order valence-corrected chi connectivity index (χ2v) is 11.0. The zero-order chi connectivity index (χ0) is 27.6. The Kier molecular flexibility index (Phi) is 9.96. The van der Waals surface area contributed by atoms with Crippen LogP contribution >= 0.6 is 11.8 Å². The maximum atomic E-state index is 6.51. The summed E-state index contributed by atoms with van der Waals surface area (Å²) in [6.45, 7) is 4.58. The number of rotatable bonds is 12. The van der Waals surface area contributed by atoms with Gasteiger partial charge >= 0.3 is 0 Å². The summed E-state index contributed by atoms with van der Waals surface area (Å²) >= 11 is 1.63. The fourth-order valence-electron chi connectivity index (χ4n) is 4.68. The minimum absolute atomic E-state index is 0.415. The van der Waals surface area contributed by atoms with Crippen molar-refractivity contribution in [3.63, 3.8) is 0 Å². The van der Waals surface area contributed by atoms with Crippen LogP contribution in [0, 0.1) is 0 Å². The van der Waals surface area contributed by atoms with Gasteiger partial charge in [-0.15, -0.1) is 0 Å². The van der Waals surface area contributed by atoms with Crippen LogP contribution in [-0.2, 0) is 17.6 Å². The van der Waals surface area contributed by atoms with E-state index in [9.17, 15) is 0 Å². The van der Waals surface area contributed by atoms with Crippen LogP contribution in [0.2, 0.25) is 0 Å². The molecule has 4 aromatic rings. The molecule has 0 atom stereocenters. The first-order valence-corrected chi connectivity index (χ1v) is 14.6. The molecule has 0 amide bonds. The fourth-order valence-corrected chi connectivity index (χ4v) is 5.57. The van der Waals surface area contributed by atoms with E-state index in [1.807, 2.05) is 36.4 Å². The van der Waals surface area contributed by atoms with Crippen molar-refractivity contribution in [3.05, 3.63) is 102 Å². The molecule has 1 saturated heterocycles. The third kappa shape index (κ3) is 7.78. The number of pyridine rings is 1. The van der Waals surface area contributed by atoms with Crippen LogP contribution in [0.5, 0.6) is 17.4 Å². The van der Waals surface area contributed by atoms with Crippen LogP contribution < -0.4 is 14.4 Å². The molecule has 1 aromatic heterocycles. The number of nitrogens with zero attached hydrogens (tertiary/aromatic N) is 3. The average molecular weight is 556 g/mol. The summed E-state index contributed by atoms with van der Waals surface area (Å²) in [5.74, 6) is 2.12. The molecule has 0 saturated carbocycles. The second kappa shape index (κ2) is 14.2. The van der Waals surface area contributed by atoms with Gasteiger partial charge in [-0.25, -0.2) is 4.98 Å². The average Bonchev–Trinajstić information content (AvgIpc) is 2.98. The Balaban J connectivity index is 1.44. The predicted octanol–water partition coefficient (Wildman–Crippen LogP) is 6.59. The molecule has 208 valence electrons.